The smallest absolute Gasteiger partial charge is 0.222 e. The van der Waals surface area contributed by atoms with Crippen LogP contribution in [0.15, 0.2) is 192 Å². The van der Waals surface area contributed by atoms with Crippen molar-refractivity contribution >= 4 is 107 Å². The first-order valence-corrected chi connectivity index (χ1v) is 43.0. The molecule has 664 valence electrons. The molecule has 0 radical (unpaired) electrons. The van der Waals surface area contributed by atoms with Crippen LogP contribution in [0.25, 0.3) is 60.8 Å². The summed E-state index contributed by atoms with van der Waals surface area (Å²) in [5, 5.41) is 25.6. The molecule has 36 heteroatoms. The maximum atomic E-state index is 6.07. The lowest BCUT2D eigenvalue weighted by Gasteiger charge is -2.21. The number of nitrogens with zero attached hydrogens (tertiary/aromatic N) is 21. The SMILES string of the molecule is CCCCNc1nc(C)nc2ccn(Cc3cccc4c3OCCO4)c12.COCCNc1nc(C)nc2ccn(Cc3cccc4c3OCCO4)c12.COCCn1ccc2nc(N)nc(N[C@@H](C)c3ccccn3)c21.Cc1nc(NCc2cc(C)on2)c2c(ccn2Cc2cc(Cl)ccn2)n1.Cc1nc(NCc2cc(C)on2)c2c(ccn2Cc2cn3ccccc3n2)n1. The molecule has 0 saturated heterocycles. The molecule has 0 bridgehead atoms. The number of imidazole rings is 1. The minimum absolute atomic E-state index is 0.000486. The molecule has 1 atom stereocenters. The summed E-state index contributed by atoms with van der Waals surface area (Å²) in [4.78, 5) is 58.7. The number of nitrogens with two attached hydrogens (primary N) is 1. The van der Waals surface area contributed by atoms with Gasteiger partial charge in [0.2, 0.25) is 5.95 Å². The van der Waals surface area contributed by atoms with Crippen molar-refractivity contribution in [1.82, 2.24) is 102 Å². The van der Waals surface area contributed by atoms with Gasteiger partial charge in [-0.15, -0.1) is 0 Å². The van der Waals surface area contributed by atoms with Gasteiger partial charge in [-0.2, -0.15) is 4.98 Å². The van der Waals surface area contributed by atoms with E-state index in [1.54, 1.807) is 32.7 Å². The molecular weight excluding hydrogens is 1660 g/mol. The lowest BCUT2D eigenvalue weighted by Crippen LogP contribution is -2.17. The van der Waals surface area contributed by atoms with E-state index in [4.69, 9.17) is 59.8 Å². The molecule has 18 aromatic rings. The van der Waals surface area contributed by atoms with Gasteiger partial charge < -0.3 is 97.0 Å². The van der Waals surface area contributed by atoms with Crippen molar-refractivity contribution in [2.75, 3.05) is 99.3 Å². The van der Waals surface area contributed by atoms with Gasteiger partial charge in [0.05, 0.1) is 103 Å². The van der Waals surface area contributed by atoms with Gasteiger partial charge in [-0.1, -0.05) is 71.7 Å². The molecule has 7 N–H and O–H groups in total. The number of para-hydroxylation sites is 2. The van der Waals surface area contributed by atoms with Gasteiger partial charge in [0.1, 0.15) is 106 Å². The second kappa shape index (κ2) is 41.1. The van der Waals surface area contributed by atoms with Crippen LogP contribution < -0.4 is 51.3 Å². The summed E-state index contributed by atoms with van der Waals surface area (Å²) in [5.41, 5.74) is 22.6. The van der Waals surface area contributed by atoms with Crippen LogP contribution in [0.2, 0.25) is 5.02 Å². The number of methoxy groups -OCH3 is 2. The summed E-state index contributed by atoms with van der Waals surface area (Å²) < 4.78 is 56.2. The molecule has 16 aromatic heterocycles. The van der Waals surface area contributed by atoms with E-state index in [2.05, 4.69) is 145 Å². The van der Waals surface area contributed by atoms with Crippen LogP contribution in [0.1, 0.15) is 107 Å². The molecule has 0 saturated carbocycles. The van der Waals surface area contributed by atoms with Gasteiger partial charge >= 0.3 is 0 Å². The van der Waals surface area contributed by atoms with E-state index in [1.165, 1.54) is 0 Å². The molecule has 35 nitrogen and oxygen atoms in total. The summed E-state index contributed by atoms with van der Waals surface area (Å²) in [6, 6.07) is 41.2. The van der Waals surface area contributed by atoms with Crippen molar-refractivity contribution in [3.05, 3.63) is 263 Å². The minimum Gasteiger partial charge on any atom is -0.486 e. The predicted molar refractivity (Wildman–Crippen MR) is 496 cm³/mol. The highest BCUT2D eigenvalue weighted by Gasteiger charge is 2.24. The number of ether oxygens (including phenoxy) is 6. The first-order chi connectivity index (χ1) is 62.9. The number of hydrogen-bond acceptors (Lipinski definition) is 29. The Bertz CT molecular complexity index is 6670. The first-order valence-electron chi connectivity index (χ1n) is 42.6. The molecule has 0 amide bonds. The largest absolute Gasteiger partial charge is 0.486 e. The molecule has 18 heterocycles. The Morgan fingerprint density at radius 3 is 1.43 bits per heavy atom. The van der Waals surface area contributed by atoms with E-state index >= 15 is 0 Å². The van der Waals surface area contributed by atoms with E-state index in [-0.39, 0.29) is 12.0 Å². The van der Waals surface area contributed by atoms with Crippen molar-refractivity contribution in [3.8, 4) is 23.0 Å². The molecule has 2 aliphatic rings. The normalized spacial score (nSPS) is 12.3. The number of fused-ring (bicyclic) bond motifs is 8. The Balaban J connectivity index is 0.000000118. The van der Waals surface area contributed by atoms with Crippen LogP contribution in [0, 0.1) is 41.5 Å². The highest BCUT2D eigenvalue weighted by Crippen LogP contribution is 2.38. The lowest BCUT2D eigenvalue weighted by molar-refractivity contribution is 0.170. The van der Waals surface area contributed by atoms with Gasteiger partial charge in [0, 0.05) is 118 Å². The number of unbranched alkanes of at least 4 members (excludes halogenated alkanes) is 1. The van der Waals surface area contributed by atoms with Crippen LogP contribution >= 0.6 is 11.6 Å². The number of pyridine rings is 3. The number of anilines is 6. The van der Waals surface area contributed by atoms with Gasteiger partial charge in [-0.05, 0) is 134 Å². The van der Waals surface area contributed by atoms with E-state index in [1.807, 2.05) is 199 Å². The van der Waals surface area contributed by atoms with Crippen LogP contribution in [-0.4, -0.2) is 169 Å². The summed E-state index contributed by atoms with van der Waals surface area (Å²) >= 11 is 6.07. The topological polar surface area (TPSA) is 390 Å². The average Bonchev–Trinajstić information content (AvgIpc) is 1.73. The third-order valence-corrected chi connectivity index (χ3v) is 21.3. The van der Waals surface area contributed by atoms with Crippen molar-refractivity contribution in [3.63, 3.8) is 0 Å². The minimum atomic E-state index is -0.000486. The molecule has 0 fully saturated rings. The number of nitrogens with one attached hydrogen (secondary N) is 5. The maximum Gasteiger partial charge on any atom is 0.222 e. The van der Waals surface area contributed by atoms with Crippen molar-refractivity contribution in [1.29, 1.82) is 0 Å². The van der Waals surface area contributed by atoms with Crippen molar-refractivity contribution < 1.29 is 37.5 Å². The van der Waals surface area contributed by atoms with E-state index in [9.17, 15) is 0 Å². The number of hydrogen-bond donors (Lipinski definition) is 6. The maximum absolute atomic E-state index is 6.07. The highest BCUT2D eigenvalue weighted by atomic mass is 35.5. The Morgan fingerprint density at radius 1 is 0.442 bits per heavy atom. The Kier molecular flexibility index (Phi) is 27.9. The predicted octanol–water partition coefficient (Wildman–Crippen LogP) is 15.7. The molecule has 129 heavy (non-hydrogen) atoms. The Labute approximate surface area is 748 Å². The van der Waals surface area contributed by atoms with Crippen LogP contribution in [0.3, 0.4) is 0 Å². The van der Waals surface area contributed by atoms with Crippen molar-refractivity contribution in [2.24, 2.45) is 0 Å². The number of nitrogen functional groups attached to an aromatic ring is 1. The molecule has 0 aliphatic carbocycles. The fourth-order valence-corrected chi connectivity index (χ4v) is 15.4. The fraction of sp³-hybridized carbons (Fsp3) is 0.301. The van der Waals surface area contributed by atoms with Crippen LogP contribution in [0.4, 0.5) is 35.0 Å². The van der Waals surface area contributed by atoms with E-state index < -0.39 is 0 Å². The number of rotatable bonds is 28. The van der Waals surface area contributed by atoms with E-state index in [0.717, 1.165) is 202 Å². The second-order valence-electron chi connectivity index (χ2n) is 30.8. The Hall–Kier alpha value is -14.8. The third-order valence-electron chi connectivity index (χ3n) is 21.0. The van der Waals surface area contributed by atoms with Gasteiger partial charge in [0.25, 0.3) is 0 Å². The van der Waals surface area contributed by atoms with Gasteiger partial charge in [0.15, 0.2) is 52.1 Å². The quantitative estimate of drug-likeness (QED) is 0.0248. The summed E-state index contributed by atoms with van der Waals surface area (Å²) in [6.07, 6.45) is 19.8. The zero-order valence-corrected chi connectivity index (χ0v) is 74.3. The standard InChI is InChI=1S/C20H19N7O.C20H24N4O2.C19H22N4O3.C18H17ClN6O.C16H20N6O/c1-13-9-15(25-28-13)10-21-20-19-17(22-14(2)23-20)6-8-27(19)12-16-11-26-7-4-3-5-18(26)24-16;1-3-4-9-21-20-18-16(22-14(2)23-20)8-10-24(18)13-15-6-5-7-17-19(15)26-12-11-25-17;1-13-21-15-6-8-23(17(15)19(22-13)20-7-9-24-2)12-14-4-3-5-16-18(14)26-11-10-25-16;1-11-7-14(24-26-11)9-21-18-17-16(22-12(2)23-18)4-6-25(17)10-15-8-13(19)3-5-20-15;1-11(12-5-3-4-7-18-12)19-15-14-13(20-16(17)21-15)6-8-22(14)9-10-23-2/h3-9,11H,10,12H2,1-2H3,(H,21,22,23);5-8,10H,3-4,9,11-13H2,1-2H3,(H,21,22,23);3-6,8H,7,9-12H2,1-2H3,(H,20,21,22);3-8H,9-10H2,1-2H3,(H,21,22,23);3-8,11H,9-10H2,1-2H3,(H3,17,19,20,21)/t;;;;11-/m....0/s1. The monoisotopic (exact) mass is 1760 g/mol. The summed E-state index contributed by atoms with van der Waals surface area (Å²) in [5.74, 6) is 12.0. The summed E-state index contributed by atoms with van der Waals surface area (Å²) in [6.45, 7) is 25.1. The molecule has 2 aliphatic heterocycles. The molecule has 20 rings (SSSR count). The molecule has 0 unspecified atom stereocenters. The van der Waals surface area contributed by atoms with Crippen LogP contribution in [0.5, 0.6) is 23.0 Å². The van der Waals surface area contributed by atoms with Gasteiger partial charge in [-0.25, -0.2) is 49.8 Å². The van der Waals surface area contributed by atoms with Crippen LogP contribution in [-0.2, 0) is 55.3 Å². The fourth-order valence-electron chi connectivity index (χ4n) is 15.3. The van der Waals surface area contributed by atoms with Gasteiger partial charge in [-0.3, -0.25) is 9.97 Å². The molecule has 0 spiro atoms. The average molecular weight is 1760 g/mol. The third kappa shape index (κ3) is 21.5. The molecule has 2 aromatic carbocycles. The number of benzene rings is 2. The first kappa shape index (κ1) is 87.6. The lowest BCUT2D eigenvalue weighted by atomic mass is 10.1. The van der Waals surface area contributed by atoms with E-state index in [0.29, 0.717) is 102 Å². The van der Waals surface area contributed by atoms with Crippen molar-refractivity contribution in [2.45, 2.75) is 120 Å². The second-order valence-corrected chi connectivity index (χ2v) is 31.2. The number of aryl methyl sites for hydroxylation is 6. The number of aromatic nitrogens is 21. The molecular formula is C93H102ClN27O8. The zero-order valence-electron chi connectivity index (χ0n) is 73.5. The highest BCUT2D eigenvalue weighted by molar-refractivity contribution is 6.30. The zero-order chi connectivity index (χ0) is 89.3. The Morgan fingerprint density at radius 2 is 0.930 bits per heavy atom. The number of halogens is 1. The summed E-state index contributed by atoms with van der Waals surface area (Å²) in [7, 11) is 3.37.